The number of halogens is 1. The lowest BCUT2D eigenvalue weighted by molar-refractivity contribution is -0.136. The van der Waals surface area contributed by atoms with Gasteiger partial charge in [-0.1, -0.05) is 52.3 Å². The van der Waals surface area contributed by atoms with E-state index in [4.69, 9.17) is 19.2 Å². The van der Waals surface area contributed by atoms with Gasteiger partial charge in [-0.05, 0) is 81.1 Å². The smallest absolute Gasteiger partial charge is 0.343 e. The number of anilines is 1. The van der Waals surface area contributed by atoms with E-state index in [0.717, 1.165) is 16.5 Å². The number of alkyl halides is 1. The number of hydrogen-bond acceptors (Lipinski definition) is 7. The molecule has 0 fully saturated rings. The number of esters is 2. The summed E-state index contributed by atoms with van der Waals surface area (Å²) in [6.07, 6.45) is 1.88. The van der Waals surface area contributed by atoms with Crippen molar-refractivity contribution in [2.45, 2.75) is 43.2 Å². The molecular formula is C33H29BrN2O5. The number of hydrogen-bond donors (Lipinski definition) is 0. The lowest BCUT2D eigenvalue weighted by atomic mass is 9.77. The summed E-state index contributed by atoms with van der Waals surface area (Å²) in [5.74, 6) is 0.229. The van der Waals surface area contributed by atoms with Gasteiger partial charge in [-0.3, -0.25) is 9.79 Å². The Balaban J connectivity index is 1.29. The quantitative estimate of drug-likeness (QED) is 0.136. The normalized spacial score (nSPS) is 18.5. The highest BCUT2D eigenvalue weighted by molar-refractivity contribution is 9.10. The fourth-order valence-corrected chi connectivity index (χ4v) is 5.58. The van der Waals surface area contributed by atoms with E-state index in [9.17, 15) is 9.59 Å². The van der Waals surface area contributed by atoms with Gasteiger partial charge in [-0.15, -0.1) is 0 Å². The molecule has 2 heterocycles. The number of para-hydroxylation sites is 1. The van der Waals surface area contributed by atoms with Gasteiger partial charge in [-0.2, -0.15) is 0 Å². The van der Waals surface area contributed by atoms with Crippen LogP contribution in [0.3, 0.4) is 0 Å². The van der Waals surface area contributed by atoms with E-state index in [1.807, 2.05) is 43.6 Å². The van der Waals surface area contributed by atoms with Gasteiger partial charge < -0.3 is 19.1 Å². The number of likely N-dealkylation sites (N-methyl/N-ethyl adjacent to an activating group) is 1. The number of rotatable bonds is 4. The molecule has 4 aromatic carbocycles. The molecule has 4 aromatic rings. The number of ether oxygens (including phenoxy) is 3. The van der Waals surface area contributed by atoms with Crippen LogP contribution in [-0.4, -0.2) is 35.3 Å². The van der Waals surface area contributed by atoms with E-state index in [1.165, 1.54) is 11.6 Å². The van der Waals surface area contributed by atoms with Crippen molar-refractivity contribution >= 4 is 56.2 Å². The summed E-state index contributed by atoms with van der Waals surface area (Å²) >= 11 is 3.28. The Hall–Kier alpha value is -4.17. The fraction of sp³-hybridized carbons (Fsp3) is 0.242. The van der Waals surface area contributed by atoms with Crippen LogP contribution in [0.2, 0.25) is 0 Å². The zero-order chi connectivity index (χ0) is 29.2. The van der Waals surface area contributed by atoms with E-state index < -0.39 is 22.0 Å². The van der Waals surface area contributed by atoms with E-state index in [-0.39, 0.29) is 16.7 Å². The van der Waals surface area contributed by atoms with Crippen LogP contribution in [0, 0.1) is 0 Å². The number of nitrogens with zero attached hydrogens (tertiary/aromatic N) is 2. The monoisotopic (exact) mass is 612 g/mol. The van der Waals surface area contributed by atoms with Gasteiger partial charge in [0.1, 0.15) is 27.3 Å². The maximum atomic E-state index is 13.0. The van der Waals surface area contributed by atoms with Crippen LogP contribution >= 0.6 is 15.9 Å². The minimum absolute atomic E-state index is 0.256. The summed E-state index contributed by atoms with van der Waals surface area (Å²) in [7, 11) is 2.03. The summed E-state index contributed by atoms with van der Waals surface area (Å²) in [6, 6.07) is 24.0. The van der Waals surface area contributed by atoms with E-state index >= 15 is 0 Å². The predicted molar refractivity (Wildman–Crippen MR) is 163 cm³/mol. The highest BCUT2D eigenvalue weighted by Crippen LogP contribution is 2.54. The van der Waals surface area contributed by atoms with E-state index in [0.29, 0.717) is 17.2 Å². The molecule has 0 aliphatic carbocycles. The maximum absolute atomic E-state index is 13.0. The fourth-order valence-electron chi connectivity index (χ4n) is 5.50. The second-order valence-electron chi connectivity index (χ2n) is 11.3. The van der Waals surface area contributed by atoms with Crippen molar-refractivity contribution in [1.29, 1.82) is 0 Å². The minimum atomic E-state index is -0.855. The molecule has 0 amide bonds. The molecule has 0 radical (unpaired) electrons. The molecule has 2 aliphatic rings. The lowest BCUT2D eigenvalue weighted by Gasteiger charge is -2.45. The SMILES string of the molecule is CN1c2ccccc2C(C)(C)C12C=Nc1c(ccc3ccc(OC(=O)c4cccc(OC(=O)C(C)(C)Br)c4)cc13)O2. The third-order valence-corrected chi connectivity index (χ3v) is 8.19. The molecule has 7 nitrogen and oxygen atoms in total. The minimum Gasteiger partial charge on any atom is -0.459 e. The number of carbonyl (C=O) groups excluding carboxylic acids is 2. The highest BCUT2D eigenvalue weighted by atomic mass is 79.9. The number of aliphatic imine (C=N–C) groups is 1. The molecule has 0 saturated carbocycles. The standard InChI is InChI=1S/C33H29BrN2O5/c1-31(2)25-11-6-7-12-26(25)36(5)33(31)19-35-28-24-18-23(15-13-20(24)14-16-27(28)41-33)39-29(37)21-9-8-10-22(17-21)40-30(38)32(3,4)34/h6-19H,1-5H3. The second kappa shape index (κ2) is 9.45. The lowest BCUT2D eigenvalue weighted by Crippen LogP contribution is -2.61. The van der Waals surface area contributed by atoms with Crippen molar-refractivity contribution in [3.8, 4) is 17.2 Å². The summed E-state index contributed by atoms with van der Waals surface area (Å²) in [6.45, 7) is 7.71. The van der Waals surface area contributed by atoms with Gasteiger partial charge >= 0.3 is 11.9 Å². The van der Waals surface area contributed by atoms with Crippen LogP contribution in [0.15, 0.2) is 83.9 Å². The van der Waals surface area contributed by atoms with Gasteiger partial charge in [0.15, 0.2) is 0 Å². The Labute approximate surface area is 246 Å². The molecule has 8 heteroatoms. The molecule has 208 valence electrons. The van der Waals surface area contributed by atoms with Crippen molar-refractivity contribution in [2.75, 3.05) is 11.9 Å². The van der Waals surface area contributed by atoms with Gasteiger partial charge in [0.05, 0.1) is 17.2 Å². The molecule has 0 aromatic heterocycles. The molecular weight excluding hydrogens is 584 g/mol. The van der Waals surface area contributed by atoms with Crippen molar-refractivity contribution in [3.63, 3.8) is 0 Å². The van der Waals surface area contributed by atoms with Gasteiger partial charge in [0.25, 0.3) is 0 Å². The summed E-state index contributed by atoms with van der Waals surface area (Å²) in [4.78, 5) is 32.3. The molecule has 1 spiro atoms. The Bertz CT molecular complexity index is 1760. The first-order valence-corrected chi connectivity index (χ1v) is 14.1. The molecule has 2 aliphatic heterocycles. The van der Waals surface area contributed by atoms with Gasteiger partial charge in [0, 0.05) is 18.1 Å². The average molecular weight is 614 g/mol. The highest BCUT2D eigenvalue weighted by Gasteiger charge is 2.58. The predicted octanol–water partition coefficient (Wildman–Crippen LogP) is 7.36. The molecule has 0 N–H and O–H groups in total. The molecule has 0 bridgehead atoms. The first-order chi connectivity index (χ1) is 19.4. The van der Waals surface area contributed by atoms with Crippen LogP contribution in [0.4, 0.5) is 11.4 Å². The van der Waals surface area contributed by atoms with E-state index in [1.54, 1.807) is 44.2 Å². The summed E-state index contributed by atoms with van der Waals surface area (Å²) < 4.78 is 17.0. The van der Waals surface area contributed by atoms with E-state index in [2.05, 4.69) is 46.8 Å². The molecule has 1 atom stereocenters. The van der Waals surface area contributed by atoms with Crippen molar-refractivity contribution in [2.24, 2.45) is 4.99 Å². The largest absolute Gasteiger partial charge is 0.459 e. The second-order valence-corrected chi connectivity index (χ2v) is 13.3. The topological polar surface area (TPSA) is 77.4 Å². The summed E-state index contributed by atoms with van der Waals surface area (Å²) in [5.41, 5.74) is 2.09. The first kappa shape index (κ1) is 27.0. The van der Waals surface area contributed by atoms with Crippen LogP contribution < -0.4 is 19.1 Å². The molecule has 0 saturated heterocycles. The van der Waals surface area contributed by atoms with Gasteiger partial charge in [-0.25, -0.2) is 4.79 Å². The van der Waals surface area contributed by atoms with Crippen LogP contribution in [-0.2, 0) is 10.2 Å². The van der Waals surface area contributed by atoms with Crippen LogP contribution in [0.1, 0.15) is 43.6 Å². The molecule has 41 heavy (non-hydrogen) atoms. The van der Waals surface area contributed by atoms with Crippen molar-refractivity contribution in [3.05, 3.63) is 90.0 Å². The van der Waals surface area contributed by atoms with Gasteiger partial charge in [0.2, 0.25) is 5.72 Å². The average Bonchev–Trinajstić information content (AvgIpc) is 3.10. The number of fused-ring (bicyclic) bond motifs is 4. The zero-order valence-electron chi connectivity index (χ0n) is 23.4. The first-order valence-electron chi connectivity index (χ1n) is 13.3. The van der Waals surface area contributed by atoms with Crippen LogP contribution in [0.5, 0.6) is 17.2 Å². The number of carbonyl (C=O) groups is 2. The Kier molecular flexibility index (Phi) is 6.23. The maximum Gasteiger partial charge on any atom is 0.343 e. The van der Waals surface area contributed by atoms with Crippen molar-refractivity contribution < 1.29 is 23.8 Å². The van der Waals surface area contributed by atoms with Crippen molar-refractivity contribution in [1.82, 2.24) is 0 Å². The molecule has 1 unspecified atom stereocenters. The van der Waals surface area contributed by atoms with Crippen LogP contribution in [0.25, 0.3) is 10.8 Å². The number of benzene rings is 4. The Morgan fingerprint density at radius 3 is 2.41 bits per heavy atom. The third-order valence-electron chi connectivity index (χ3n) is 7.87. The third kappa shape index (κ3) is 4.37. The molecule has 6 rings (SSSR count). The summed E-state index contributed by atoms with van der Waals surface area (Å²) in [5, 5.41) is 1.74. The Morgan fingerprint density at radius 1 is 0.927 bits per heavy atom. The Morgan fingerprint density at radius 2 is 1.66 bits per heavy atom. The zero-order valence-corrected chi connectivity index (χ0v) is 25.0.